The molecule has 3 rings (SSSR count). The maximum Gasteiger partial charge on any atom is 0.231 e. The number of benzene rings is 2. The number of hydrogen-bond acceptors (Lipinski definition) is 4. The van der Waals surface area contributed by atoms with Crippen LogP contribution in [0.3, 0.4) is 0 Å². The molecule has 0 amide bonds. The Hall–Kier alpha value is -2.42. The Morgan fingerprint density at radius 1 is 0.905 bits per heavy atom. The summed E-state index contributed by atoms with van der Waals surface area (Å²) in [5, 5.41) is 14.3. The first-order valence-corrected chi connectivity index (χ1v) is 6.28. The zero-order chi connectivity index (χ0) is 15.8. The van der Waals surface area contributed by atoms with E-state index in [1.807, 2.05) is 30.3 Å². The Morgan fingerprint density at radius 2 is 1.48 bits per heavy atom. The molecular formula is C14H9Cl2N3O2. The number of carbonyl (C=O) groups excluding carboxylic acids is 2. The summed E-state index contributed by atoms with van der Waals surface area (Å²) in [5.41, 5.74) is 1.99. The predicted octanol–water partition coefficient (Wildman–Crippen LogP) is 4.43. The van der Waals surface area contributed by atoms with Crippen LogP contribution in [0.15, 0.2) is 36.4 Å². The van der Waals surface area contributed by atoms with Gasteiger partial charge in [-0.15, -0.1) is 0 Å². The van der Waals surface area contributed by atoms with Gasteiger partial charge >= 0.3 is 0 Å². The smallest absolute Gasteiger partial charge is 0.231 e. The second-order valence-corrected chi connectivity index (χ2v) is 4.44. The Morgan fingerprint density at radius 3 is 2.10 bits per heavy atom. The molecule has 1 aromatic heterocycles. The maximum absolute atomic E-state index is 8.35. The number of aromatic amines is 1. The van der Waals surface area contributed by atoms with E-state index in [2.05, 4.69) is 11.1 Å². The number of H-pyrrole nitrogens is 1. The fraction of sp³-hybridized carbons (Fsp3) is 0. The molecule has 21 heavy (non-hydrogen) atoms. The normalized spacial score (nSPS) is 8.86. The van der Waals surface area contributed by atoms with Crippen LogP contribution in [0.1, 0.15) is 0 Å². The lowest BCUT2D eigenvalue weighted by atomic mass is 10.1. The van der Waals surface area contributed by atoms with Crippen molar-refractivity contribution in [3.05, 3.63) is 46.4 Å². The summed E-state index contributed by atoms with van der Waals surface area (Å²) in [6, 6.07) is 11.9. The number of hydrogen-bond donors (Lipinski definition) is 3. The van der Waals surface area contributed by atoms with Crippen LogP contribution in [0.4, 0.5) is 0 Å². The average Bonchev–Trinajstić information content (AvgIpc) is 2.84. The van der Waals surface area contributed by atoms with Crippen LogP contribution >= 0.6 is 23.2 Å². The third-order valence-corrected chi connectivity index (χ3v) is 3.38. The second-order valence-electron chi connectivity index (χ2n) is 3.66. The number of aromatic nitrogens is 1. The van der Waals surface area contributed by atoms with Crippen molar-refractivity contribution in [2.75, 3.05) is 0 Å². The van der Waals surface area contributed by atoms with E-state index in [0.717, 1.165) is 28.6 Å². The topological polar surface area (TPSA) is 97.6 Å². The van der Waals surface area contributed by atoms with Crippen molar-refractivity contribution in [1.82, 2.24) is 4.98 Å². The minimum Gasteiger partial charge on any atom is -0.353 e. The average molecular weight is 322 g/mol. The molecule has 0 spiro atoms. The van der Waals surface area contributed by atoms with Crippen molar-refractivity contribution in [2.24, 2.45) is 0 Å². The van der Waals surface area contributed by atoms with Gasteiger partial charge in [0.2, 0.25) is 12.2 Å². The molecule has 0 aliphatic heterocycles. The first-order chi connectivity index (χ1) is 10.1. The van der Waals surface area contributed by atoms with Gasteiger partial charge in [0, 0.05) is 16.3 Å². The number of nitrogens with one attached hydrogen (secondary N) is 3. The van der Waals surface area contributed by atoms with Gasteiger partial charge in [-0.05, 0) is 12.1 Å². The summed E-state index contributed by atoms with van der Waals surface area (Å²) in [6.07, 6.45) is 1.50. The summed E-state index contributed by atoms with van der Waals surface area (Å²) < 4.78 is 0. The number of isocyanates is 2. The van der Waals surface area contributed by atoms with Crippen LogP contribution in [0.2, 0.25) is 10.0 Å². The van der Waals surface area contributed by atoms with Crippen molar-refractivity contribution >= 4 is 57.2 Å². The van der Waals surface area contributed by atoms with Crippen molar-refractivity contribution < 1.29 is 9.59 Å². The lowest BCUT2D eigenvalue weighted by Gasteiger charge is -1.96. The highest BCUT2D eigenvalue weighted by Crippen LogP contribution is 2.34. The molecule has 0 fully saturated rings. The van der Waals surface area contributed by atoms with E-state index in [4.69, 9.17) is 43.6 Å². The summed E-state index contributed by atoms with van der Waals surface area (Å²) in [5.74, 6) is 0. The Labute approximate surface area is 129 Å². The third kappa shape index (κ3) is 3.78. The summed E-state index contributed by atoms with van der Waals surface area (Å²) in [4.78, 5) is 20.0. The van der Waals surface area contributed by atoms with Crippen LogP contribution in [0.25, 0.3) is 21.8 Å². The maximum atomic E-state index is 8.35. The summed E-state index contributed by atoms with van der Waals surface area (Å²) in [7, 11) is 0. The molecule has 0 atom stereocenters. The third-order valence-electron chi connectivity index (χ3n) is 2.57. The lowest BCUT2D eigenvalue weighted by Crippen LogP contribution is -1.72. The molecule has 106 valence electrons. The van der Waals surface area contributed by atoms with Gasteiger partial charge in [-0.2, -0.15) is 0 Å². The van der Waals surface area contributed by atoms with Crippen LogP contribution in [0, 0.1) is 10.8 Å². The fourth-order valence-electron chi connectivity index (χ4n) is 1.86. The molecule has 0 aliphatic carbocycles. The van der Waals surface area contributed by atoms with E-state index in [-0.39, 0.29) is 0 Å². The van der Waals surface area contributed by atoms with Crippen LogP contribution in [-0.2, 0) is 9.59 Å². The van der Waals surface area contributed by atoms with Crippen molar-refractivity contribution in [1.29, 1.82) is 10.8 Å². The molecule has 1 heterocycles. The van der Waals surface area contributed by atoms with E-state index in [1.165, 1.54) is 5.39 Å². The molecule has 0 bridgehead atoms. The standard InChI is InChI=1S/C12H7Cl2N.2CHNO/c13-9-6-5-8-7-3-1-2-4-10(7)15-12(8)11(9)14;2*2-1-3/h1-6,15H;2*2H. The highest BCUT2D eigenvalue weighted by Gasteiger charge is 2.08. The minimum absolute atomic E-state index is 0.579. The first kappa shape index (κ1) is 16.6. The van der Waals surface area contributed by atoms with Gasteiger partial charge in [0.05, 0.1) is 15.6 Å². The number of rotatable bonds is 0. The van der Waals surface area contributed by atoms with Crippen LogP contribution < -0.4 is 0 Å². The van der Waals surface area contributed by atoms with Crippen molar-refractivity contribution in [2.45, 2.75) is 0 Å². The molecule has 0 saturated heterocycles. The molecule has 0 radical (unpaired) electrons. The largest absolute Gasteiger partial charge is 0.353 e. The van der Waals surface area contributed by atoms with Gasteiger partial charge in [-0.3, -0.25) is 0 Å². The second kappa shape index (κ2) is 8.00. The molecule has 3 N–H and O–H groups in total. The fourth-order valence-corrected chi connectivity index (χ4v) is 2.23. The van der Waals surface area contributed by atoms with E-state index in [9.17, 15) is 0 Å². The quantitative estimate of drug-likeness (QED) is 0.421. The van der Waals surface area contributed by atoms with Crippen LogP contribution in [-0.4, -0.2) is 17.1 Å². The van der Waals surface area contributed by atoms with E-state index < -0.39 is 0 Å². The van der Waals surface area contributed by atoms with Gasteiger partial charge in [0.25, 0.3) is 0 Å². The van der Waals surface area contributed by atoms with Gasteiger partial charge in [-0.25, -0.2) is 20.4 Å². The summed E-state index contributed by atoms with van der Waals surface area (Å²) >= 11 is 12.1. The zero-order valence-corrected chi connectivity index (χ0v) is 12.0. The number of halogens is 2. The molecular weight excluding hydrogens is 313 g/mol. The van der Waals surface area contributed by atoms with Crippen molar-refractivity contribution in [3.8, 4) is 0 Å². The monoisotopic (exact) mass is 321 g/mol. The molecule has 5 nitrogen and oxygen atoms in total. The van der Waals surface area contributed by atoms with Gasteiger partial charge in [0.1, 0.15) is 0 Å². The van der Waals surface area contributed by atoms with E-state index in [0.29, 0.717) is 10.0 Å². The Kier molecular flexibility index (Phi) is 6.34. The van der Waals surface area contributed by atoms with E-state index >= 15 is 0 Å². The molecule has 0 saturated carbocycles. The molecule has 3 aromatic rings. The van der Waals surface area contributed by atoms with Crippen molar-refractivity contribution in [3.63, 3.8) is 0 Å². The van der Waals surface area contributed by atoms with Crippen LogP contribution in [0.5, 0.6) is 0 Å². The lowest BCUT2D eigenvalue weighted by molar-refractivity contribution is 0.562. The SMILES string of the molecule is Clc1ccc2c([nH]c3ccccc32)c1Cl.N=C=O.N=C=O. The highest BCUT2D eigenvalue weighted by molar-refractivity contribution is 6.45. The first-order valence-electron chi connectivity index (χ1n) is 5.52. The molecule has 2 aromatic carbocycles. The Balaban J connectivity index is 0.000000321. The van der Waals surface area contributed by atoms with Gasteiger partial charge in [0.15, 0.2) is 0 Å². The highest BCUT2D eigenvalue weighted by atomic mass is 35.5. The number of para-hydroxylation sites is 1. The molecule has 0 aliphatic rings. The van der Waals surface area contributed by atoms with Gasteiger partial charge in [-0.1, -0.05) is 47.5 Å². The molecule has 0 unspecified atom stereocenters. The summed E-state index contributed by atoms with van der Waals surface area (Å²) in [6.45, 7) is 0. The zero-order valence-electron chi connectivity index (χ0n) is 10.5. The number of fused-ring (bicyclic) bond motifs is 3. The molecule has 7 heteroatoms. The van der Waals surface area contributed by atoms with Gasteiger partial charge < -0.3 is 4.98 Å². The Bertz CT molecular complexity index is 819. The minimum atomic E-state index is 0.579. The predicted molar refractivity (Wildman–Crippen MR) is 82.7 cm³/mol. The van der Waals surface area contributed by atoms with E-state index in [1.54, 1.807) is 0 Å².